The van der Waals surface area contributed by atoms with Crippen LogP contribution in [-0.2, 0) is 9.53 Å². The number of aromatic nitrogens is 2. The molecule has 2 N–H and O–H groups in total. The number of H-pyrrole nitrogens is 1. The Morgan fingerprint density at radius 3 is 2.59 bits per heavy atom. The van der Waals surface area contributed by atoms with Crippen molar-refractivity contribution in [3.63, 3.8) is 0 Å². The predicted octanol–water partition coefficient (Wildman–Crippen LogP) is 3.76. The Balaban J connectivity index is 1.54. The number of benzene rings is 2. The van der Waals surface area contributed by atoms with Crippen LogP contribution in [0.15, 0.2) is 60.7 Å². The molecule has 7 heteroatoms. The average molecular weight is 384 g/mol. The van der Waals surface area contributed by atoms with Crippen molar-refractivity contribution < 1.29 is 14.3 Å². The average Bonchev–Trinajstić information content (AvgIpc) is 3.17. The van der Waals surface area contributed by atoms with Crippen LogP contribution < -0.4 is 5.32 Å². The summed E-state index contributed by atoms with van der Waals surface area (Å²) < 4.78 is 5.05. The van der Waals surface area contributed by atoms with Gasteiger partial charge in [-0.05, 0) is 24.6 Å². The summed E-state index contributed by atoms with van der Waals surface area (Å²) in [5.74, 6) is -1.07. The van der Waals surface area contributed by atoms with Gasteiger partial charge in [0.1, 0.15) is 5.69 Å². The molecule has 6 nitrogen and oxygen atoms in total. The Morgan fingerprint density at radius 1 is 1.15 bits per heavy atom. The number of ether oxygens (including phenoxy) is 1. The second kappa shape index (κ2) is 8.51. The lowest BCUT2D eigenvalue weighted by Gasteiger charge is -2.15. The number of hydrogen-bond donors (Lipinski definition) is 2. The lowest BCUT2D eigenvalue weighted by molar-refractivity contribution is -0.124. The first-order valence-corrected chi connectivity index (χ1v) is 8.74. The Labute approximate surface area is 161 Å². The molecule has 0 aliphatic carbocycles. The number of nitrogens with zero attached hydrogens (tertiary/aromatic N) is 1. The summed E-state index contributed by atoms with van der Waals surface area (Å²) in [4.78, 5) is 24.2. The zero-order chi connectivity index (χ0) is 19.2. The van der Waals surface area contributed by atoms with Crippen LogP contribution in [0.5, 0.6) is 0 Å². The highest BCUT2D eigenvalue weighted by molar-refractivity contribution is 6.31. The second-order valence-corrected chi connectivity index (χ2v) is 6.33. The molecule has 1 amide bonds. The van der Waals surface area contributed by atoms with E-state index in [9.17, 15) is 9.59 Å². The summed E-state index contributed by atoms with van der Waals surface area (Å²) in [6.45, 7) is 1.41. The van der Waals surface area contributed by atoms with Crippen LogP contribution in [0.3, 0.4) is 0 Å². The summed E-state index contributed by atoms with van der Waals surface area (Å²) in [7, 11) is 0. The molecule has 0 saturated heterocycles. The molecule has 3 aromatic rings. The maximum atomic E-state index is 12.1. The van der Waals surface area contributed by atoms with Gasteiger partial charge in [-0.25, -0.2) is 4.79 Å². The molecular weight excluding hydrogens is 366 g/mol. The number of hydrogen-bond acceptors (Lipinski definition) is 4. The van der Waals surface area contributed by atoms with Crippen LogP contribution >= 0.6 is 11.6 Å². The van der Waals surface area contributed by atoms with Gasteiger partial charge in [-0.15, -0.1) is 0 Å². The number of rotatable bonds is 6. The van der Waals surface area contributed by atoms with E-state index in [4.69, 9.17) is 16.3 Å². The maximum absolute atomic E-state index is 12.1. The van der Waals surface area contributed by atoms with Crippen LogP contribution in [0.2, 0.25) is 5.02 Å². The highest BCUT2D eigenvalue weighted by atomic mass is 35.5. The third kappa shape index (κ3) is 4.74. The first kappa shape index (κ1) is 18.7. The van der Waals surface area contributed by atoms with Crippen molar-refractivity contribution in [3.8, 4) is 11.3 Å². The number of nitrogens with one attached hydrogen (secondary N) is 2. The largest absolute Gasteiger partial charge is 0.451 e. The van der Waals surface area contributed by atoms with Crippen LogP contribution in [-0.4, -0.2) is 28.7 Å². The SMILES string of the molecule is C[C@H](NC(=O)COC(=O)c1cc(-c2ccccc2)n[nH]1)c1ccccc1Cl. The number of carbonyl (C=O) groups excluding carboxylic acids is 2. The highest BCUT2D eigenvalue weighted by Gasteiger charge is 2.16. The summed E-state index contributed by atoms with van der Waals surface area (Å²) in [5.41, 5.74) is 2.47. The van der Waals surface area contributed by atoms with Crippen molar-refractivity contribution in [2.45, 2.75) is 13.0 Å². The van der Waals surface area contributed by atoms with Crippen molar-refractivity contribution in [2.75, 3.05) is 6.61 Å². The van der Waals surface area contributed by atoms with E-state index in [0.717, 1.165) is 11.1 Å². The molecule has 0 radical (unpaired) electrons. The van der Waals surface area contributed by atoms with Crippen molar-refractivity contribution in [3.05, 3.63) is 76.9 Å². The molecule has 27 heavy (non-hydrogen) atoms. The van der Waals surface area contributed by atoms with E-state index in [0.29, 0.717) is 10.7 Å². The molecule has 1 atom stereocenters. The van der Waals surface area contributed by atoms with E-state index >= 15 is 0 Å². The minimum Gasteiger partial charge on any atom is -0.451 e. The third-order valence-corrected chi connectivity index (χ3v) is 4.30. The van der Waals surface area contributed by atoms with Gasteiger partial charge in [0.05, 0.1) is 11.7 Å². The fourth-order valence-corrected chi connectivity index (χ4v) is 2.88. The Hall–Kier alpha value is -3.12. The van der Waals surface area contributed by atoms with Gasteiger partial charge in [-0.2, -0.15) is 5.10 Å². The third-order valence-electron chi connectivity index (χ3n) is 3.95. The zero-order valence-electron chi connectivity index (χ0n) is 14.6. The van der Waals surface area contributed by atoms with E-state index in [2.05, 4.69) is 15.5 Å². The van der Waals surface area contributed by atoms with Gasteiger partial charge < -0.3 is 10.1 Å². The van der Waals surface area contributed by atoms with Gasteiger partial charge >= 0.3 is 5.97 Å². The normalized spacial score (nSPS) is 11.6. The van der Waals surface area contributed by atoms with E-state index in [1.165, 1.54) is 0 Å². The molecule has 1 heterocycles. The highest BCUT2D eigenvalue weighted by Crippen LogP contribution is 2.22. The fourth-order valence-electron chi connectivity index (χ4n) is 2.58. The minimum atomic E-state index is -0.648. The number of amides is 1. The van der Waals surface area contributed by atoms with Gasteiger partial charge in [0.2, 0.25) is 0 Å². The van der Waals surface area contributed by atoms with E-state index < -0.39 is 18.5 Å². The Kier molecular flexibility index (Phi) is 5.88. The quantitative estimate of drug-likeness (QED) is 0.635. The smallest absolute Gasteiger partial charge is 0.356 e. The molecule has 0 saturated carbocycles. The monoisotopic (exact) mass is 383 g/mol. The van der Waals surface area contributed by atoms with Crippen LogP contribution in [0.1, 0.15) is 29.0 Å². The van der Waals surface area contributed by atoms with Crippen LogP contribution in [0.4, 0.5) is 0 Å². The van der Waals surface area contributed by atoms with Crippen molar-refractivity contribution >= 4 is 23.5 Å². The molecule has 0 aliphatic heterocycles. The number of halogens is 1. The van der Waals surface area contributed by atoms with Gasteiger partial charge in [-0.3, -0.25) is 9.89 Å². The predicted molar refractivity (Wildman–Crippen MR) is 102 cm³/mol. The zero-order valence-corrected chi connectivity index (χ0v) is 15.4. The second-order valence-electron chi connectivity index (χ2n) is 5.92. The molecule has 0 spiro atoms. The van der Waals surface area contributed by atoms with Crippen molar-refractivity contribution in [1.82, 2.24) is 15.5 Å². The standard InChI is InChI=1S/C20H18ClN3O3/c1-13(15-9-5-6-10-16(15)21)22-19(25)12-27-20(26)18-11-17(23-24-18)14-7-3-2-4-8-14/h2-11,13H,12H2,1H3,(H,22,25)(H,23,24)/t13-/m0/s1. The number of esters is 1. The lowest BCUT2D eigenvalue weighted by Crippen LogP contribution is -2.31. The first-order chi connectivity index (χ1) is 13.0. The summed E-state index contributed by atoms with van der Waals surface area (Å²) in [6, 6.07) is 17.9. The number of carbonyl (C=O) groups is 2. The molecule has 1 aromatic heterocycles. The Bertz CT molecular complexity index is 940. The maximum Gasteiger partial charge on any atom is 0.356 e. The van der Waals surface area contributed by atoms with E-state index in [1.807, 2.05) is 55.5 Å². The molecule has 0 bridgehead atoms. The summed E-state index contributed by atoms with van der Waals surface area (Å²) in [6.07, 6.45) is 0. The van der Waals surface area contributed by atoms with Crippen molar-refractivity contribution in [2.24, 2.45) is 0 Å². The van der Waals surface area contributed by atoms with Crippen LogP contribution in [0, 0.1) is 0 Å². The van der Waals surface area contributed by atoms with Gasteiger partial charge in [0.15, 0.2) is 6.61 Å². The van der Waals surface area contributed by atoms with E-state index in [-0.39, 0.29) is 11.7 Å². The summed E-state index contributed by atoms with van der Waals surface area (Å²) in [5, 5.41) is 10.0. The fraction of sp³-hybridized carbons (Fsp3) is 0.150. The van der Waals surface area contributed by atoms with Crippen molar-refractivity contribution in [1.29, 1.82) is 0 Å². The number of aromatic amines is 1. The van der Waals surface area contributed by atoms with Gasteiger partial charge in [0, 0.05) is 10.6 Å². The Morgan fingerprint density at radius 2 is 1.85 bits per heavy atom. The summed E-state index contributed by atoms with van der Waals surface area (Å²) >= 11 is 6.12. The molecule has 0 aliphatic rings. The molecule has 2 aromatic carbocycles. The van der Waals surface area contributed by atoms with Gasteiger partial charge in [-0.1, -0.05) is 60.1 Å². The van der Waals surface area contributed by atoms with E-state index in [1.54, 1.807) is 12.1 Å². The van der Waals surface area contributed by atoms with Crippen LogP contribution in [0.25, 0.3) is 11.3 Å². The first-order valence-electron chi connectivity index (χ1n) is 8.36. The topological polar surface area (TPSA) is 84.1 Å². The lowest BCUT2D eigenvalue weighted by atomic mass is 10.1. The molecule has 0 unspecified atom stereocenters. The minimum absolute atomic E-state index is 0.181. The molecule has 0 fully saturated rings. The molecular formula is C20H18ClN3O3. The molecule has 3 rings (SSSR count). The molecule has 138 valence electrons. The van der Waals surface area contributed by atoms with Gasteiger partial charge in [0.25, 0.3) is 5.91 Å².